The highest BCUT2D eigenvalue weighted by molar-refractivity contribution is 7.80. The molecule has 3 aromatic rings. The number of pyridine rings is 1. The minimum absolute atomic E-state index is 0.216. The molecule has 0 unspecified atom stereocenters. The number of aromatic nitrogens is 1. The number of likely N-dealkylation sites (N-methyl/N-ethyl adjacent to an activating group) is 1. The number of piperazine rings is 1. The Labute approximate surface area is 199 Å². The van der Waals surface area contributed by atoms with E-state index in [9.17, 15) is 4.79 Å². The van der Waals surface area contributed by atoms with Crippen LogP contribution in [0.2, 0.25) is 0 Å². The van der Waals surface area contributed by atoms with Gasteiger partial charge in [-0.2, -0.15) is 0 Å². The van der Waals surface area contributed by atoms with E-state index in [1.165, 1.54) is 0 Å². The molecular weight excluding hydrogens is 434 g/mol. The molecule has 1 saturated heterocycles. The van der Waals surface area contributed by atoms with Crippen LogP contribution in [0.1, 0.15) is 15.9 Å². The Balaban J connectivity index is 1.36. The molecule has 0 bridgehead atoms. The summed E-state index contributed by atoms with van der Waals surface area (Å²) in [7, 11) is 2.09. The summed E-state index contributed by atoms with van der Waals surface area (Å²) in [5.74, 6) is 1.11. The Bertz CT molecular complexity index is 1100. The minimum Gasteiger partial charge on any atom is -0.489 e. The minimum atomic E-state index is -0.286. The van der Waals surface area contributed by atoms with Crippen molar-refractivity contribution in [2.24, 2.45) is 0 Å². The van der Waals surface area contributed by atoms with E-state index in [0.717, 1.165) is 37.4 Å². The SMILES string of the molecule is CN1CCN(c2ncccc2C(=O)NC(=S)Nc2cccc(OCc3ccccc3)c2)CC1. The van der Waals surface area contributed by atoms with Crippen molar-refractivity contribution in [3.05, 3.63) is 84.1 Å². The van der Waals surface area contributed by atoms with Crippen molar-refractivity contribution >= 4 is 34.7 Å². The zero-order valence-corrected chi connectivity index (χ0v) is 19.3. The fraction of sp³-hybridized carbons (Fsp3) is 0.240. The van der Waals surface area contributed by atoms with Crippen LogP contribution in [0.4, 0.5) is 11.5 Å². The Morgan fingerprint density at radius 3 is 2.61 bits per heavy atom. The lowest BCUT2D eigenvalue weighted by Crippen LogP contribution is -2.45. The molecule has 8 heteroatoms. The quantitative estimate of drug-likeness (QED) is 0.544. The molecule has 0 aliphatic carbocycles. The number of ether oxygens (including phenoxy) is 1. The molecule has 7 nitrogen and oxygen atoms in total. The van der Waals surface area contributed by atoms with Crippen molar-refractivity contribution in [3.63, 3.8) is 0 Å². The molecule has 2 N–H and O–H groups in total. The molecular formula is C25H27N5O2S. The van der Waals surface area contributed by atoms with Gasteiger partial charge in [0.1, 0.15) is 18.2 Å². The monoisotopic (exact) mass is 461 g/mol. The first-order chi connectivity index (χ1) is 16.1. The maximum Gasteiger partial charge on any atom is 0.261 e. The van der Waals surface area contributed by atoms with Gasteiger partial charge in [-0.15, -0.1) is 0 Å². The number of hydrogen-bond acceptors (Lipinski definition) is 6. The van der Waals surface area contributed by atoms with Crippen LogP contribution in [0, 0.1) is 0 Å². The average Bonchev–Trinajstić information content (AvgIpc) is 2.84. The van der Waals surface area contributed by atoms with Crippen molar-refractivity contribution < 1.29 is 9.53 Å². The lowest BCUT2D eigenvalue weighted by atomic mass is 10.2. The van der Waals surface area contributed by atoms with Gasteiger partial charge in [0.2, 0.25) is 0 Å². The fourth-order valence-electron chi connectivity index (χ4n) is 3.58. The largest absolute Gasteiger partial charge is 0.489 e. The summed E-state index contributed by atoms with van der Waals surface area (Å²) >= 11 is 5.39. The van der Waals surface area contributed by atoms with Gasteiger partial charge in [0.05, 0.1) is 5.56 Å². The highest BCUT2D eigenvalue weighted by Gasteiger charge is 2.21. The van der Waals surface area contributed by atoms with Crippen LogP contribution in [0.5, 0.6) is 5.75 Å². The van der Waals surface area contributed by atoms with Gasteiger partial charge in [0, 0.05) is 44.1 Å². The Hall–Kier alpha value is -3.49. The van der Waals surface area contributed by atoms with Gasteiger partial charge >= 0.3 is 0 Å². The van der Waals surface area contributed by atoms with E-state index >= 15 is 0 Å². The number of thiocarbonyl (C=S) groups is 1. The number of nitrogens with zero attached hydrogens (tertiary/aromatic N) is 3. The molecule has 0 spiro atoms. The second-order valence-electron chi connectivity index (χ2n) is 7.88. The number of benzene rings is 2. The van der Waals surface area contributed by atoms with Crippen molar-refractivity contribution in [1.82, 2.24) is 15.2 Å². The Morgan fingerprint density at radius 2 is 1.82 bits per heavy atom. The number of hydrogen-bond donors (Lipinski definition) is 2. The molecule has 2 heterocycles. The van der Waals surface area contributed by atoms with Gasteiger partial charge in [-0.05, 0) is 49.1 Å². The van der Waals surface area contributed by atoms with Crippen LogP contribution in [-0.4, -0.2) is 54.1 Å². The van der Waals surface area contributed by atoms with Crippen LogP contribution in [0.25, 0.3) is 0 Å². The summed E-state index contributed by atoms with van der Waals surface area (Å²) < 4.78 is 5.87. The van der Waals surface area contributed by atoms with Gasteiger partial charge < -0.3 is 19.9 Å². The van der Waals surface area contributed by atoms with Crippen molar-refractivity contribution in [3.8, 4) is 5.75 Å². The zero-order valence-electron chi connectivity index (χ0n) is 18.5. The molecule has 1 aliphatic heterocycles. The molecule has 0 saturated carbocycles. The predicted octanol–water partition coefficient (Wildman–Crippen LogP) is 3.54. The highest BCUT2D eigenvalue weighted by Crippen LogP contribution is 2.20. The lowest BCUT2D eigenvalue weighted by molar-refractivity contribution is 0.0977. The van der Waals surface area contributed by atoms with Gasteiger partial charge in [-0.25, -0.2) is 4.98 Å². The van der Waals surface area contributed by atoms with E-state index in [0.29, 0.717) is 23.7 Å². The number of nitrogens with one attached hydrogen (secondary N) is 2. The molecule has 2 aromatic carbocycles. The van der Waals surface area contributed by atoms with Crippen LogP contribution in [0.15, 0.2) is 72.9 Å². The second-order valence-corrected chi connectivity index (χ2v) is 8.28. The molecule has 0 atom stereocenters. The van der Waals surface area contributed by atoms with E-state index in [-0.39, 0.29) is 11.0 Å². The predicted molar refractivity (Wildman–Crippen MR) is 135 cm³/mol. The van der Waals surface area contributed by atoms with E-state index in [1.807, 2.05) is 54.6 Å². The summed E-state index contributed by atoms with van der Waals surface area (Å²) in [4.78, 5) is 21.8. The zero-order chi connectivity index (χ0) is 23.0. The van der Waals surface area contributed by atoms with Gasteiger partial charge in [-0.1, -0.05) is 36.4 Å². The Kier molecular flexibility index (Phi) is 7.49. The van der Waals surface area contributed by atoms with Crippen LogP contribution >= 0.6 is 12.2 Å². The maximum atomic E-state index is 13.0. The molecule has 1 fully saturated rings. The smallest absolute Gasteiger partial charge is 0.261 e. The number of anilines is 2. The number of rotatable bonds is 6. The third-order valence-corrected chi connectivity index (χ3v) is 5.61. The molecule has 1 aromatic heterocycles. The summed E-state index contributed by atoms with van der Waals surface area (Å²) in [6, 6.07) is 21.0. The first-order valence-corrected chi connectivity index (χ1v) is 11.3. The standard InChI is InChI=1S/C25H27N5O2S/c1-29-13-15-30(16-14-29)23-22(11-6-12-26-23)24(31)28-25(33)27-20-9-5-10-21(17-20)32-18-19-7-3-2-4-8-19/h2-12,17H,13-16,18H2,1H3,(H2,27,28,31,33). The number of carbonyl (C=O) groups is 1. The van der Waals surface area contributed by atoms with Gasteiger partial charge in [0.25, 0.3) is 5.91 Å². The molecule has 33 heavy (non-hydrogen) atoms. The Morgan fingerprint density at radius 1 is 1.03 bits per heavy atom. The van der Waals surface area contributed by atoms with Crippen LogP contribution < -0.4 is 20.3 Å². The molecule has 1 amide bonds. The third kappa shape index (κ3) is 6.27. The second kappa shape index (κ2) is 10.9. The number of carbonyl (C=O) groups excluding carboxylic acids is 1. The highest BCUT2D eigenvalue weighted by atomic mass is 32.1. The van der Waals surface area contributed by atoms with Crippen LogP contribution in [0.3, 0.4) is 0 Å². The van der Waals surface area contributed by atoms with Crippen molar-refractivity contribution in [2.45, 2.75) is 6.61 Å². The van der Waals surface area contributed by atoms with Crippen molar-refractivity contribution in [1.29, 1.82) is 0 Å². The molecule has 170 valence electrons. The third-order valence-electron chi connectivity index (χ3n) is 5.40. The topological polar surface area (TPSA) is 69.7 Å². The average molecular weight is 462 g/mol. The molecule has 1 aliphatic rings. The van der Waals surface area contributed by atoms with E-state index in [1.54, 1.807) is 18.3 Å². The first-order valence-electron chi connectivity index (χ1n) is 10.9. The lowest BCUT2D eigenvalue weighted by Gasteiger charge is -2.34. The first kappa shape index (κ1) is 22.7. The van der Waals surface area contributed by atoms with E-state index < -0.39 is 0 Å². The van der Waals surface area contributed by atoms with E-state index in [2.05, 4.69) is 32.5 Å². The fourth-order valence-corrected chi connectivity index (χ4v) is 3.79. The summed E-state index contributed by atoms with van der Waals surface area (Å²) in [5.41, 5.74) is 2.33. The van der Waals surface area contributed by atoms with Gasteiger partial charge in [-0.3, -0.25) is 10.1 Å². The summed E-state index contributed by atoms with van der Waals surface area (Å²) in [5, 5.41) is 6.05. The maximum absolute atomic E-state index is 13.0. The van der Waals surface area contributed by atoms with Crippen molar-refractivity contribution in [2.75, 3.05) is 43.4 Å². The normalized spacial score (nSPS) is 13.9. The van der Waals surface area contributed by atoms with Gasteiger partial charge in [0.15, 0.2) is 5.11 Å². The summed E-state index contributed by atoms with van der Waals surface area (Å²) in [6.07, 6.45) is 1.71. The van der Waals surface area contributed by atoms with Crippen LogP contribution in [-0.2, 0) is 6.61 Å². The summed E-state index contributed by atoms with van der Waals surface area (Å²) in [6.45, 7) is 3.99. The molecule has 0 radical (unpaired) electrons. The molecule has 4 rings (SSSR count). The van der Waals surface area contributed by atoms with E-state index in [4.69, 9.17) is 17.0 Å². The number of amides is 1.